The number of hydrogen-bond acceptors (Lipinski definition) is 5. The van der Waals surface area contributed by atoms with Crippen molar-refractivity contribution in [2.24, 2.45) is 0 Å². The monoisotopic (exact) mass is 496 g/mol. The molecule has 0 amide bonds. The number of ether oxygens (including phenoxy) is 1. The molecule has 0 atom stereocenters. The largest absolute Gasteiger partial charge is 0.496 e. The van der Waals surface area contributed by atoms with Crippen LogP contribution in [0.4, 0.5) is 0 Å². The van der Waals surface area contributed by atoms with Crippen LogP contribution in [-0.2, 0) is 14.8 Å². The van der Waals surface area contributed by atoms with Crippen molar-refractivity contribution in [3.63, 3.8) is 0 Å². The lowest BCUT2D eigenvalue weighted by Gasteiger charge is -2.01. The van der Waals surface area contributed by atoms with Gasteiger partial charge in [-0.3, -0.25) is 4.79 Å². The minimum Gasteiger partial charge on any atom is -0.496 e. The quantitative estimate of drug-likeness (QED) is 0.357. The summed E-state index contributed by atoms with van der Waals surface area (Å²) in [7, 11) is -2.11. The molecule has 0 saturated heterocycles. The molecule has 34 heavy (non-hydrogen) atoms. The first-order valence-electron chi connectivity index (χ1n) is 10.2. The average Bonchev–Trinajstić information content (AvgIpc) is 3.45. The standard InChI is InChI=1S/C15H13NO4S2.C10H11NO/c1-11-2-4-12(5-3-11)6-7-13-8-9-15(21-13)22(19,20)16-10-14(17)18;1-7-6-11-8-4-3-5-9(12-2)10(7)8/h2-5,8-9,16H,10H2,1H3,(H,17,18);3-6,11H,1-2H3. The minimum absolute atomic E-state index is 0.0435. The number of aromatic nitrogens is 1. The third-order valence-corrected chi connectivity index (χ3v) is 7.62. The van der Waals surface area contributed by atoms with E-state index in [0.717, 1.165) is 33.7 Å². The molecule has 2 heterocycles. The van der Waals surface area contributed by atoms with Crippen LogP contribution in [0.5, 0.6) is 5.75 Å². The molecule has 3 N–H and O–H groups in total. The molecular weight excluding hydrogens is 472 g/mol. The topological polar surface area (TPSA) is 108 Å². The molecule has 0 unspecified atom stereocenters. The first-order valence-corrected chi connectivity index (χ1v) is 12.5. The Morgan fingerprint density at radius 3 is 2.50 bits per heavy atom. The number of rotatable bonds is 5. The van der Waals surface area contributed by atoms with E-state index >= 15 is 0 Å². The van der Waals surface area contributed by atoms with E-state index in [1.807, 2.05) is 60.3 Å². The second-order valence-corrected chi connectivity index (χ2v) is 10.4. The molecule has 9 heteroatoms. The summed E-state index contributed by atoms with van der Waals surface area (Å²) in [6.07, 6.45) is 1.99. The highest BCUT2D eigenvalue weighted by atomic mass is 32.2. The van der Waals surface area contributed by atoms with Gasteiger partial charge in [0.15, 0.2) is 0 Å². The van der Waals surface area contributed by atoms with Gasteiger partial charge in [0.25, 0.3) is 10.0 Å². The van der Waals surface area contributed by atoms with E-state index in [1.54, 1.807) is 13.2 Å². The van der Waals surface area contributed by atoms with Gasteiger partial charge in [-0.2, -0.15) is 4.72 Å². The normalized spacial score (nSPS) is 10.7. The second kappa shape index (κ2) is 11.0. The van der Waals surface area contributed by atoms with Crippen molar-refractivity contribution < 1.29 is 23.1 Å². The van der Waals surface area contributed by atoms with Crippen LogP contribution in [0, 0.1) is 25.7 Å². The van der Waals surface area contributed by atoms with Crippen LogP contribution in [0.25, 0.3) is 10.9 Å². The van der Waals surface area contributed by atoms with Crippen molar-refractivity contribution >= 4 is 38.2 Å². The summed E-state index contributed by atoms with van der Waals surface area (Å²) in [5, 5.41) is 9.69. The SMILES string of the molecule is COc1cccc2[nH]cc(C)c12.Cc1ccc(C#Cc2ccc(S(=O)(=O)NCC(=O)O)s2)cc1. The van der Waals surface area contributed by atoms with Crippen molar-refractivity contribution in [2.45, 2.75) is 18.1 Å². The number of benzene rings is 2. The molecular formula is C25H24N2O5S2. The Morgan fingerprint density at radius 2 is 1.82 bits per heavy atom. The number of carboxylic acids is 1. The number of aliphatic carboxylic acids is 1. The van der Waals surface area contributed by atoms with E-state index in [2.05, 4.69) is 23.7 Å². The number of hydrogen-bond donors (Lipinski definition) is 3. The van der Waals surface area contributed by atoms with Gasteiger partial charge < -0.3 is 14.8 Å². The highest BCUT2D eigenvalue weighted by Crippen LogP contribution is 2.27. The zero-order chi connectivity index (χ0) is 24.7. The van der Waals surface area contributed by atoms with Gasteiger partial charge in [0.1, 0.15) is 16.5 Å². The zero-order valence-electron chi connectivity index (χ0n) is 18.9. The summed E-state index contributed by atoms with van der Waals surface area (Å²) in [5.41, 5.74) is 4.33. The minimum atomic E-state index is -3.80. The maximum Gasteiger partial charge on any atom is 0.318 e. The van der Waals surface area contributed by atoms with Crippen molar-refractivity contribution in [1.82, 2.24) is 9.71 Å². The summed E-state index contributed by atoms with van der Waals surface area (Å²) in [5.74, 6) is 5.55. The Kier molecular flexibility index (Phi) is 8.12. The molecule has 0 saturated carbocycles. The highest BCUT2D eigenvalue weighted by molar-refractivity contribution is 7.91. The lowest BCUT2D eigenvalue weighted by molar-refractivity contribution is -0.135. The van der Waals surface area contributed by atoms with Gasteiger partial charge in [-0.1, -0.05) is 35.6 Å². The van der Waals surface area contributed by atoms with E-state index in [1.165, 1.54) is 17.0 Å². The number of thiophene rings is 1. The van der Waals surface area contributed by atoms with Crippen LogP contribution >= 0.6 is 11.3 Å². The maximum atomic E-state index is 11.8. The van der Waals surface area contributed by atoms with Crippen LogP contribution in [0.2, 0.25) is 0 Å². The number of aryl methyl sites for hydroxylation is 2. The molecule has 176 valence electrons. The Balaban J connectivity index is 0.000000226. The van der Waals surface area contributed by atoms with Gasteiger partial charge in [-0.05, 0) is 55.8 Å². The lowest BCUT2D eigenvalue weighted by Crippen LogP contribution is -2.28. The van der Waals surface area contributed by atoms with Crippen LogP contribution in [0.1, 0.15) is 21.6 Å². The molecule has 0 radical (unpaired) electrons. The molecule has 0 aliphatic carbocycles. The van der Waals surface area contributed by atoms with Crippen LogP contribution in [0.15, 0.2) is 65.0 Å². The van der Waals surface area contributed by atoms with Crippen molar-refractivity contribution in [1.29, 1.82) is 0 Å². The summed E-state index contributed by atoms with van der Waals surface area (Å²) in [4.78, 5) is 14.2. The first-order chi connectivity index (χ1) is 16.2. The highest BCUT2D eigenvalue weighted by Gasteiger charge is 2.17. The zero-order valence-corrected chi connectivity index (χ0v) is 20.5. The summed E-state index contributed by atoms with van der Waals surface area (Å²) >= 11 is 0.997. The lowest BCUT2D eigenvalue weighted by atomic mass is 10.1. The summed E-state index contributed by atoms with van der Waals surface area (Å²) in [6.45, 7) is 3.41. The van der Waals surface area contributed by atoms with E-state index in [9.17, 15) is 13.2 Å². The van der Waals surface area contributed by atoms with E-state index in [-0.39, 0.29) is 4.21 Å². The second-order valence-electron chi connectivity index (χ2n) is 7.31. The first kappa shape index (κ1) is 25.1. The molecule has 0 spiro atoms. The van der Waals surface area contributed by atoms with Crippen LogP contribution in [-0.4, -0.2) is 38.1 Å². The number of carbonyl (C=O) groups is 1. The smallest absolute Gasteiger partial charge is 0.318 e. The van der Waals surface area contributed by atoms with Gasteiger partial charge in [0, 0.05) is 22.7 Å². The number of carboxylic acid groups (broad SMARTS) is 1. The average molecular weight is 497 g/mol. The van der Waals surface area contributed by atoms with Gasteiger partial charge in [-0.25, -0.2) is 8.42 Å². The Labute approximate surface area is 202 Å². The number of nitrogens with one attached hydrogen (secondary N) is 2. The number of sulfonamides is 1. The summed E-state index contributed by atoms with van der Waals surface area (Å²) < 4.78 is 31.0. The third kappa shape index (κ3) is 6.48. The molecule has 4 aromatic rings. The summed E-state index contributed by atoms with van der Waals surface area (Å²) in [6, 6.07) is 16.7. The fraction of sp³-hybridized carbons (Fsp3) is 0.160. The van der Waals surface area contributed by atoms with Crippen molar-refractivity contribution in [2.75, 3.05) is 13.7 Å². The third-order valence-electron chi connectivity index (χ3n) is 4.73. The van der Waals surface area contributed by atoms with Gasteiger partial charge in [0.2, 0.25) is 0 Å². The molecule has 0 bridgehead atoms. The fourth-order valence-electron chi connectivity index (χ4n) is 3.02. The van der Waals surface area contributed by atoms with Crippen molar-refractivity contribution in [3.8, 4) is 17.6 Å². The fourth-order valence-corrected chi connectivity index (χ4v) is 5.20. The number of fused-ring (bicyclic) bond motifs is 1. The van der Waals surface area contributed by atoms with Crippen LogP contribution < -0.4 is 9.46 Å². The Bertz CT molecular complexity index is 1460. The van der Waals surface area contributed by atoms with E-state index in [4.69, 9.17) is 9.84 Å². The van der Waals surface area contributed by atoms with Gasteiger partial charge in [-0.15, -0.1) is 11.3 Å². The molecule has 0 fully saturated rings. The molecule has 2 aromatic carbocycles. The predicted molar refractivity (Wildman–Crippen MR) is 134 cm³/mol. The van der Waals surface area contributed by atoms with Gasteiger partial charge in [0.05, 0.1) is 12.0 Å². The Morgan fingerprint density at radius 1 is 1.09 bits per heavy atom. The van der Waals surface area contributed by atoms with Crippen LogP contribution in [0.3, 0.4) is 0 Å². The predicted octanol–water partition coefficient (Wildman–Crippen LogP) is 4.30. The van der Waals surface area contributed by atoms with Gasteiger partial charge >= 0.3 is 5.97 Å². The van der Waals surface area contributed by atoms with E-state index < -0.39 is 22.5 Å². The van der Waals surface area contributed by atoms with Crippen molar-refractivity contribution in [3.05, 3.63) is 82.4 Å². The van der Waals surface area contributed by atoms with E-state index in [0.29, 0.717) is 4.88 Å². The Hall–Kier alpha value is -3.58. The molecule has 2 aromatic heterocycles. The maximum absolute atomic E-state index is 11.8. The number of aromatic amines is 1. The number of H-pyrrole nitrogens is 1. The molecule has 4 rings (SSSR count). The molecule has 7 nitrogen and oxygen atoms in total. The molecule has 0 aliphatic rings. The number of methoxy groups -OCH3 is 1. The molecule has 0 aliphatic heterocycles.